The van der Waals surface area contributed by atoms with Gasteiger partial charge in [-0.15, -0.1) is 0 Å². The van der Waals surface area contributed by atoms with Gasteiger partial charge in [-0.25, -0.2) is 4.98 Å². The van der Waals surface area contributed by atoms with Gasteiger partial charge < -0.3 is 19.3 Å². The fourth-order valence-corrected chi connectivity index (χ4v) is 6.07. The van der Waals surface area contributed by atoms with E-state index in [9.17, 15) is 9.59 Å². The van der Waals surface area contributed by atoms with E-state index in [1.807, 2.05) is 31.2 Å². The summed E-state index contributed by atoms with van der Waals surface area (Å²) in [5, 5.41) is 0. The Morgan fingerprint density at radius 3 is 2.44 bits per heavy atom. The number of anilines is 2. The van der Waals surface area contributed by atoms with Crippen molar-refractivity contribution in [1.29, 1.82) is 0 Å². The van der Waals surface area contributed by atoms with Crippen LogP contribution < -0.4 is 20.1 Å². The summed E-state index contributed by atoms with van der Waals surface area (Å²) in [6, 6.07) is 11.8. The van der Waals surface area contributed by atoms with E-state index in [4.69, 9.17) is 26.7 Å². The fourth-order valence-electron chi connectivity index (χ4n) is 4.77. The average Bonchev–Trinajstić information content (AvgIpc) is 3.22. The molecule has 11 heteroatoms. The van der Waals surface area contributed by atoms with Crippen LogP contribution in [0.2, 0.25) is 0 Å². The van der Waals surface area contributed by atoms with Crippen LogP contribution in [0.4, 0.5) is 11.5 Å². The molecule has 0 atom stereocenters. The predicted molar refractivity (Wildman–Crippen MR) is 160 cm³/mol. The molecule has 2 aromatic heterocycles. The number of rotatable bonds is 8. The number of carbonyl (C=O) groups excluding carboxylic acids is 1. The van der Waals surface area contributed by atoms with Crippen molar-refractivity contribution < 1.29 is 14.3 Å². The Kier molecular flexibility index (Phi) is 8.20. The van der Waals surface area contributed by atoms with Crippen LogP contribution in [0.15, 0.2) is 52.3 Å². The lowest BCUT2D eigenvalue weighted by atomic mass is 10.2. The van der Waals surface area contributed by atoms with Gasteiger partial charge in [0, 0.05) is 58.3 Å². The second-order valence-corrected chi connectivity index (χ2v) is 11.1. The number of amides is 1. The average molecular weight is 566 g/mol. The molecule has 2 aliphatic rings. The van der Waals surface area contributed by atoms with Crippen LogP contribution in [0.1, 0.15) is 17.5 Å². The van der Waals surface area contributed by atoms with Crippen molar-refractivity contribution >= 4 is 57.4 Å². The molecule has 1 aromatic carbocycles. The van der Waals surface area contributed by atoms with Gasteiger partial charge in [0.1, 0.15) is 21.5 Å². The first-order valence-electron chi connectivity index (χ1n) is 12.8. The highest BCUT2D eigenvalue weighted by molar-refractivity contribution is 8.26. The third-order valence-corrected chi connectivity index (χ3v) is 8.26. The van der Waals surface area contributed by atoms with Crippen molar-refractivity contribution in [2.45, 2.75) is 13.3 Å². The molecule has 0 radical (unpaired) electrons. The Morgan fingerprint density at radius 1 is 1.03 bits per heavy atom. The predicted octanol–water partition coefficient (Wildman–Crippen LogP) is 3.58. The van der Waals surface area contributed by atoms with Crippen LogP contribution >= 0.6 is 24.0 Å². The van der Waals surface area contributed by atoms with Crippen LogP contribution in [0.25, 0.3) is 11.7 Å². The zero-order valence-electron chi connectivity index (χ0n) is 22.3. The summed E-state index contributed by atoms with van der Waals surface area (Å²) in [6.07, 6.45) is 4.13. The number of aromatic nitrogens is 2. The summed E-state index contributed by atoms with van der Waals surface area (Å²) in [5.74, 6) is 1.22. The van der Waals surface area contributed by atoms with Gasteiger partial charge in [-0.3, -0.25) is 18.9 Å². The monoisotopic (exact) mass is 565 g/mol. The van der Waals surface area contributed by atoms with Crippen molar-refractivity contribution in [2.24, 2.45) is 0 Å². The van der Waals surface area contributed by atoms with Crippen LogP contribution in [0.5, 0.6) is 5.75 Å². The summed E-state index contributed by atoms with van der Waals surface area (Å²) in [5.41, 5.74) is 2.83. The minimum Gasteiger partial charge on any atom is -0.497 e. The smallest absolute Gasteiger partial charge is 0.267 e. The van der Waals surface area contributed by atoms with E-state index in [1.54, 1.807) is 35.8 Å². The van der Waals surface area contributed by atoms with Crippen LogP contribution in [0.3, 0.4) is 0 Å². The van der Waals surface area contributed by atoms with Gasteiger partial charge in [0.05, 0.1) is 17.6 Å². The number of piperazine rings is 1. The van der Waals surface area contributed by atoms with Gasteiger partial charge >= 0.3 is 0 Å². The number of fused-ring (bicyclic) bond motifs is 1. The maximum absolute atomic E-state index is 13.8. The van der Waals surface area contributed by atoms with Gasteiger partial charge in [-0.05, 0) is 55.3 Å². The topological polar surface area (TPSA) is 79.6 Å². The van der Waals surface area contributed by atoms with Gasteiger partial charge in [-0.2, -0.15) is 0 Å². The summed E-state index contributed by atoms with van der Waals surface area (Å²) < 4.78 is 12.4. The van der Waals surface area contributed by atoms with Crippen LogP contribution in [-0.4, -0.2) is 78.1 Å². The molecule has 39 heavy (non-hydrogen) atoms. The largest absolute Gasteiger partial charge is 0.497 e. The van der Waals surface area contributed by atoms with Crippen molar-refractivity contribution in [3.05, 3.63) is 69.0 Å². The minimum absolute atomic E-state index is 0.190. The molecule has 0 N–H and O–H groups in total. The number of thioether (sulfide) groups is 1. The summed E-state index contributed by atoms with van der Waals surface area (Å²) >= 11 is 6.71. The zero-order valence-corrected chi connectivity index (χ0v) is 23.9. The number of nitrogens with zero attached hydrogens (tertiary/aromatic N) is 5. The number of thiocarbonyl (C=S) groups is 1. The molecule has 0 saturated carbocycles. The summed E-state index contributed by atoms with van der Waals surface area (Å²) in [4.78, 5) is 38.4. The summed E-state index contributed by atoms with van der Waals surface area (Å²) in [7, 11) is 3.29. The van der Waals surface area contributed by atoms with E-state index in [2.05, 4.69) is 21.9 Å². The molecule has 0 bridgehead atoms. The molecule has 2 saturated heterocycles. The highest BCUT2D eigenvalue weighted by atomic mass is 32.2. The molecule has 204 valence electrons. The van der Waals surface area contributed by atoms with E-state index in [1.165, 1.54) is 11.8 Å². The van der Waals surface area contributed by atoms with Gasteiger partial charge in [0.25, 0.3) is 11.5 Å². The standard InChI is InChI=1S/C28H31N5O4S2/c1-19-5-10-24-29-25(31-14-12-30(13-15-31)20-6-8-21(37-3)9-7-20)22(26(34)33(24)18-19)17-23-27(35)32(28(38)39-23)11-4-16-36-2/h5-10,17-18H,4,11-16H2,1-3H3/b23-17+. The second-order valence-electron chi connectivity index (χ2n) is 9.44. The quantitative estimate of drug-likeness (QED) is 0.231. The highest BCUT2D eigenvalue weighted by Gasteiger charge is 2.33. The van der Waals surface area contributed by atoms with Crippen LogP contribution in [0, 0.1) is 6.92 Å². The van der Waals surface area contributed by atoms with E-state index in [0.717, 1.165) is 30.1 Å². The van der Waals surface area contributed by atoms with Gasteiger partial charge in [0.15, 0.2) is 0 Å². The first-order chi connectivity index (χ1) is 18.9. The summed E-state index contributed by atoms with van der Waals surface area (Å²) in [6.45, 7) is 5.84. The van der Waals surface area contributed by atoms with Crippen molar-refractivity contribution in [3.63, 3.8) is 0 Å². The minimum atomic E-state index is -0.207. The Hall–Kier alpha value is -3.41. The fraction of sp³-hybridized carbons (Fsp3) is 0.357. The van der Waals surface area contributed by atoms with E-state index >= 15 is 0 Å². The Labute approximate surface area is 237 Å². The van der Waals surface area contributed by atoms with Crippen molar-refractivity contribution in [3.8, 4) is 5.75 Å². The molecular weight excluding hydrogens is 534 g/mol. The lowest BCUT2D eigenvalue weighted by Gasteiger charge is -2.37. The molecule has 0 unspecified atom stereocenters. The number of pyridine rings is 1. The molecule has 2 aliphatic heterocycles. The number of hydrogen-bond acceptors (Lipinski definition) is 9. The second kappa shape index (κ2) is 11.8. The third kappa shape index (κ3) is 5.66. The van der Waals surface area contributed by atoms with Crippen LogP contribution in [-0.2, 0) is 9.53 Å². The van der Waals surface area contributed by atoms with E-state index in [-0.39, 0.29) is 11.5 Å². The zero-order chi connectivity index (χ0) is 27.5. The maximum atomic E-state index is 13.8. The normalized spacial score (nSPS) is 17.1. The SMILES string of the molecule is COCCCN1C(=O)/C(=C\c2c(N3CCN(c4ccc(OC)cc4)CC3)nc3ccc(C)cn3c2=O)SC1=S. The highest BCUT2D eigenvalue weighted by Crippen LogP contribution is 2.34. The lowest BCUT2D eigenvalue weighted by molar-refractivity contribution is -0.122. The molecule has 9 nitrogen and oxygen atoms in total. The molecular formula is C28H31N5O4S2. The molecule has 3 aromatic rings. The number of benzene rings is 1. The molecule has 5 rings (SSSR count). The van der Waals surface area contributed by atoms with E-state index < -0.39 is 0 Å². The molecule has 0 aliphatic carbocycles. The van der Waals surface area contributed by atoms with Crippen molar-refractivity contribution in [1.82, 2.24) is 14.3 Å². The Balaban J connectivity index is 1.47. The first-order valence-corrected chi connectivity index (χ1v) is 14.0. The number of aryl methyl sites for hydroxylation is 1. The number of ether oxygens (including phenoxy) is 2. The Bertz CT molecular complexity index is 1480. The molecule has 4 heterocycles. The number of hydrogen-bond donors (Lipinski definition) is 0. The van der Waals surface area contributed by atoms with Gasteiger partial charge in [0.2, 0.25) is 0 Å². The van der Waals surface area contributed by atoms with E-state index in [0.29, 0.717) is 58.9 Å². The number of methoxy groups -OCH3 is 2. The molecule has 1 amide bonds. The Morgan fingerprint density at radius 2 is 1.74 bits per heavy atom. The molecule has 2 fully saturated rings. The maximum Gasteiger partial charge on any atom is 0.267 e. The third-order valence-electron chi connectivity index (χ3n) is 6.88. The first kappa shape index (κ1) is 27.2. The van der Waals surface area contributed by atoms with Gasteiger partial charge in [-0.1, -0.05) is 30.0 Å². The molecule has 0 spiro atoms. The van der Waals surface area contributed by atoms with Crippen molar-refractivity contribution in [2.75, 3.05) is 63.4 Å². The number of carbonyl (C=O) groups is 1. The lowest BCUT2D eigenvalue weighted by Crippen LogP contribution is -2.47.